The molecular formula is C21H16ClF3N4O3. The fourth-order valence-corrected chi connectivity index (χ4v) is 3.12. The molecule has 0 bridgehead atoms. The van der Waals surface area contributed by atoms with Crippen LogP contribution < -0.4 is 10.9 Å². The minimum absolute atomic E-state index is 0.0796. The molecule has 0 aliphatic heterocycles. The van der Waals surface area contributed by atoms with Crippen molar-refractivity contribution in [1.29, 1.82) is 0 Å². The van der Waals surface area contributed by atoms with E-state index in [1.165, 1.54) is 50.2 Å². The van der Waals surface area contributed by atoms with Gasteiger partial charge in [-0.05, 0) is 56.3 Å². The number of amides is 2. The van der Waals surface area contributed by atoms with E-state index in [0.717, 1.165) is 16.8 Å². The second-order valence-electron chi connectivity index (χ2n) is 6.75. The molecule has 3 aromatic rings. The van der Waals surface area contributed by atoms with Crippen molar-refractivity contribution in [3.63, 3.8) is 0 Å². The van der Waals surface area contributed by atoms with Gasteiger partial charge >= 0.3 is 12.1 Å². The van der Waals surface area contributed by atoms with Gasteiger partial charge in [-0.15, -0.1) is 0 Å². The molecule has 0 spiro atoms. The number of benzene rings is 2. The molecule has 7 nitrogen and oxygen atoms in total. The molecule has 32 heavy (non-hydrogen) atoms. The smallest absolute Gasteiger partial charge is 0.283 e. The molecule has 2 N–H and O–H groups in total. The maximum atomic E-state index is 13.0. The van der Waals surface area contributed by atoms with Crippen LogP contribution in [0.4, 0.5) is 13.2 Å². The van der Waals surface area contributed by atoms with Gasteiger partial charge in [0.25, 0.3) is 11.7 Å². The highest BCUT2D eigenvalue weighted by molar-refractivity contribution is 6.43. The lowest BCUT2D eigenvalue weighted by molar-refractivity contribution is -0.137. The van der Waals surface area contributed by atoms with Crippen LogP contribution in [0.25, 0.3) is 5.69 Å². The van der Waals surface area contributed by atoms with Gasteiger partial charge in [0, 0.05) is 10.6 Å². The van der Waals surface area contributed by atoms with Gasteiger partial charge in [-0.3, -0.25) is 25.2 Å². The normalized spacial score (nSPS) is 11.2. The van der Waals surface area contributed by atoms with Crippen LogP contribution in [0.1, 0.15) is 37.7 Å². The number of aryl methyl sites for hydroxylation is 1. The summed E-state index contributed by atoms with van der Waals surface area (Å²) >= 11 is 5.75. The van der Waals surface area contributed by atoms with Crippen molar-refractivity contribution in [1.82, 2.24) is 20.6 Å². The summed E-state index contributed by atoms with van der Waals surface area (Å²) in [5, 5.41) is 4.53. The molecule has 11 heteroatoms. The van der Waals surface area contributed by atoms with Crippen molar-refractivity contribution < 1.29 is 27.6 Å². The van der Waals surface area contributed by atoms with E-state index in [9.17, 15) is 27.6 Å². The SMILES string of the molecule is Cc1nn(-c2cccc(C(F)(F)F)c2)c(C)c1C(=O)C(=O)NNC(=O)c1ccc(Cl)cc1. The molecule has 3 rings (SSSR count). The molecule has 0 saturated carbocycles. The van der Waals surface area contributed by atoms with Crippen LogP contribution in [0, 0.1) is 13.8 Å². The van der Waals surface area contributed by atoms with Gasteiger partial charge in [0.05, 0.1) is 28.2 Å². The number of Topliss-reactive ketones (excluding diaryl/α,β-unsaturated/α-hetero) is 1. The van der Waals surface area contributed by atoms with Crippen LogP contribution >= 0.6 is 11.6 Å². The van der Waals surface area contributed by atoms with Crippen molar-refractivity contribution in [3.8, 4) is 5.69 Å². The van der Waals surface area contributed by atoms with Crippen molar-refractivity contribution in [3.05, 3.63) is 81.6 Å². The number of ketones is 1. The number of rotatable bonds is 4. The Morgan fingerprint density at radius 3 is 2.28 bits per heavy atom. The minimum atomic E-state index is -4.55. The summed E-state index contributed by atoms with van der Waals surface area (Å²) in [5.74, 6) is -2.81. The molecule has 0 fully saturated rings. The fourth-order valence-electron chi connectivity index (χ4n) is 2.99. The first kappa shape index (κ1) is 23.0. The molecule has 1 heterocycles. The van der Waals surface area contributed by atoms with Crippen LogP contribution in [0.5, 0.6) is 0 Å². The molecule has 0 aliphatic rings. The second kappa shape index (κ2) is 8.83. The third kappa shape index (κ3) is 4.80. The predicted octanol–water partition coefficient (Wildman–Crippen LogP) is 3.81. The molecular weight excluding hydrogens is 449 g/mol. The lowest BCUT2D eigenvalue weighted by Gasteiger charge is -2.10. The number of carbonyl (C=O) groups excluding carboxylic acids is 3. The molecule has 0 unspecified atom stereocenters. The number of halogens is 4. The molecule has 0 atom stereocenters. The van der Waals surface area contributed by atoms with E-state index < -0.39 is 29.3 Å². The average molecular weight is 465 g/mol. The Labute approximate surface area is 185 Å². The number of aromatic nitrogens is 2. The first-order valence-electron chi connectivity index (χ1n) is 9.13. The van der Waals surface area contributed by atoms with E-state index in [2.05, 4.69) is 10.5 Å². The number of nitrogens with zero attached hydrogens (tertiary/aromatic N) is 2. The molecule has 166 valence electrons. The molecule has 2 aromatic carbocycles. The van der Waals surface area contributed by atoms with Crippen LogP contribution in [-0.2, 0) is 11.0 Å². The molecule has 2 amide bonds. The van der Waals surface area contributed by atoms with E-state index >= 15 is 0 Å². The third-order valence-electron chi connectivity index (χ3n) is 4.54. The van der Waals surface area contributed by atoms with E-state index in [-0.39, 0.29) is 28.2 Å². The molecule has 0 saturated heterocycles. The third-order valence-corrected chi connectivity index (χ3v) is 4.79. The highest BCUT2D eigenvalue weighted by atomic mass is 35.5. The van der Waals surface area contributed by atoms with Crippen LogP contribution in [0.2, 0.25) is 5.02 Å². The molecule has 0 aliphatic carbocycles. The summed E-state index contributed by atoms with van der Waals surface area (Å²) < 4.78 is 40.2. The highest BCUT2D eigenvalue weighted by Gasteiger charge is 2.31. The Kier molecular flexibility index (Phi) is 6.35. The van der Waals surface area contributed by atoms with Gasteiger partial charge < -0.3 is 0 Å². The fraction of sp³-hybridized carbons (Fsp3) is 0.143. The summed E-state index contributed by atoms with van der Waals surface area (Å²) in [6.07, 6.45) is -4.55. The number of hydrogen-bond donors (Lipinski definition) is 2. The quantitative estimate of drug-likeness (QED) is 0.349. The first-order valence-corrected chi connectivity index (χ1v) is 9.51. The zero-order chi connectivity index (χ0) is 23.6. The van der Waals surface area contributed by atoms with Crippen LogP contribution in [0.15, 0.2) is 48.5 Å². The van der Waals surface area contributed by atoms with Crippen molar-refractivity contribution in [2.24, 2.45) is 0 Å². The van der Waals surface area contributed by atoms with E-state index in [0.29, 0.717) is 5.02 Å². The van der Waals surface area contributed by atoms with Crippen LogP contribution in [0.3, 0.4) is 0 Å². The Morgan fingerprint density at radius 2 is 1.66 bits per heavy atom. The Morgan fingerprint density at radius 1 is 1.00 bits per heavy atom. The van der Waals surface area contributed by atoms with Crippen molar-refractivity contribution >= 4 is 29.2 Å². The summed E-state index contributed by atoms with van der Waals surface area (Å²) in [5.41, 5.74) is 3.77. The monoisotopic (exact) mass is 464 g/mol. The van der Waals surface area contributed by atoms with Gasteiger partial charge in [0.1, 0.15) is 0 Å². The zero-order valence-electron chi connectivity index (χ0n) is 16.7. The lowest BCUT2D eigenvalue weighted by atomic mass is 10.1. The maximum absolute atomic E-state index is 13.0. The molecule has 1 aromatic heterocycles. The topological polar surface area (TPSA) is 93.1 Å². The molecule has 0 radical (unpaired) electrons. The van der Waals surface area contributed by atoms with E-state index in [4.69, 9.17) is 11.6 Å². The second-order valence-corrected chi connectivity index (χ2v) is 7.19. The van der Waals surface area contributed by atoms with Crippen molar-refractivity contribution in [2.45, 2.75) is 20.0 Å². The minimum Gasteiger partial charge on any atom is -0.283 e. The summed E-state index contributed by atoms with van der Waals surface area (Å²) in [7, 11) is 0. The predicted molar refractivity (Wildman–Crippen MR) is 109 cm³/mol. The van der Waals surface area contributed by atoms with Gasteiger partial charge in [-0.2, -0.15) is 18.3 Å². The average Bonchev–Trinajstić information content (AvgIpc) is 3.05. The van der Waals surface area contributed by atoms with Crippen molar-refractivity contribution in [2.75, 3.05) is 0 Å². The number of hydrogen-bond acceptors (Lipinski definition) is 4. The standard InChI is InChI=1S/C21H16ClF3N4O3/c1-11-17(12(2)29(28-11)16-5-3-4-14(10-16)21(23,24)25)18(30)20(32)27-26-19(31)13-6-8-15(22)9-7-13/h3-10H,1-2H3,(H,26,31)(H,27,32). The Hall–Kier alpha value is -3.66. The summed E-state index contributed by atoms with van der Waals surface area (Å²) in [4.78, 5) is 37.0. The van der Waals surface area contributed by atoms with Gasteiger partial charge in [0.2, 0.25) is 0 Å². The largest absolute Gasteiger partial charge is 0.416 e. The highest BCUT2D eigenvalue weighted by Crippen LogP contribution is 2.31. The van der Waals surface area contributed by atoms with Gasteiger partial charge in [-0.25, -0.2) is 4.68 Å². The number of alkyl halides is 3. The van der Waals surface area contributed by atoms with Gasteiger partial charge in [0.15, 0.2) is 0 Å². The zero-order valence-corrected chi connectivity index (χ0v) is 17.5. The number of hydrazine groups is 1. The Bertz CT molecular complexity index is 1200. The first-order chi connectivity index (χ1) is 15.0. The van der Waals surface area contributed by atoms with Crippen LogP contribution in [-0.4, -0.2) is 27.4 Å². The van der Waals surface area contributed by atoms with E-state index in [1.54, 1.807) is 0 Å². The summed E-state index contributed by atoms with van der Waals surface area (Å²) in [6, 6.07) is 10.2. The number of nitrogens with one attached hydrogen (secondary N) is 2. The Balaban J connectivity index is 1.79. The number of carbonyl (C=O) groups is 3. The van der Waals surface area contributed by atoms with E-state index in [1.807, 2.05) is 5.43 Å². The maximum Gasteiger partial charge on any atom is 0.416 e. The van der Waals surface area contributed by atoms with Gasteiger partial charge in [-0.1, -0.05) is 17.7 Å². The lowest BCUT2D eigenvalue weighted by Crippen LogP contribution is -2.45. The summed E-state index contributed by atoms with van der Waals surface area (Å²) in [6.45, 7) is 2.90.